The molecular formula is C20H20O7. The van der Waals surface area contributed by atoms with Gasteiger partial charge in [-0.1, -0.05) is 0 Å². The molecule has 3 heterocycles. The van der Waals surface area contributed by atoms with E-state index in [0.29, 0.717) is 22.6 Å². The van der Waals surface area contributed by atoms with Crippen molar-refractivity contribution in [3.8, 4) is 28.7 Å². The molecule has 3 aliphatic rings. The molecule has 0 saturated carbocycles. The van der Waals surface area contributed by atoms with Crippen LogP contribution in [-0.4, -0.2) is 38.7 Å². The van der Waals surface area contributed by atoms with Crippen molar-refractivity contribution < 1.29 is 34.6 Å². The van der Waals surface area contributed by atoms with Crippen molar-refractivity contribution in [3.63, 3.8) is 0 Å². The molecule has 5 rings (SSSR count). The van der Waals surface area contributed by atoms with Crippen LogP contribution in [-0.2, 0) is 0 Å². The summed E-state index contributed by atoms with van der Waals surface area (Å²) >= 11 is 0. The Labute approximate surface area is 155 Å². The molecular weight excluding hydrogens is 352 g/mol. The molecule has 4 atom stereocenters. The molecule has 0 bridgehead atoms. The summed E-state index contributed by atoms with van der Waals surface area (Å²) in [4.78, 5) is 0. The molecule has 142 valence electrons. The van der Waals surface area contributed by atoms with E-state index in [0.717, 1.165) is 5.56 Å². The van der Waals surface area contributed by atoms with E-state index in [1.165, 1.54) is 6.07 Å². The van der Waals surface area contributed by atoms with Gasteiger partial charge in [-0.3, -0.25) is 0 Å². The van der Waals surface area contributed by atoms with Crippen molar-refractivity contribution in [1.29, 1.82) is 0 Å². The van der Waals surface area contributed by atoms with Crippen LogP contribution in [0.5, 0.6) is 28.7 Å². The van der Waals surface area contributed by atoms with Gasteiger partial charge in [0.2, 0.25) is 5.75 Å². The molecule has 7 nitrogen and oxygen atoms in total. The van der Waals surface area contributed by atoms with Crippen molar-refractivity contribution in [2.45, 2.75) is 43.7 Å². The van der Waals surface area contributed by atoms with Gasteiger partial charge in [0.25, 0.3) is 0 Å². The van der Waals surface area contributed by atoms with Crippen molar-refractivity contribution in [3.05, 3.63) is 41.0 Å². The lowest BCUT2D eigenvalue weighted by atomic mass is 9.84. The van der Waals surface area contributed by atoms with Crippen LogP contribution in [0, 0.1) is 0 Å². The van der Waals surface area contributed by atoms with Crippen LogP contribution in [0.3, 0.4) is 0 Å². The summed E-state index contributed by atoms with van der Waals surface area (Å²) in [5, 5.41) is 40.7. The zero-order valence-electron chi connectivity index (χ0n) is 14.8. The molecule has 0 radical (unpaired) electrons. The minimum Gasteiger partial charge on any atom is -0.504 e. The van der Waals surface area contributed by atoms with Crippen molar-refractivity contribution >= 4 is 0 Å². The maximum Gasteiger partial charge on any atom is 0.200 e. The van der Waals surface area contributed by atoms with E-state index in [2.05, 4.69) is 0 Å². The smallest absolute Gasteiger partial charge is 0.200 e. The first-order valence-electron chi connectivity index (χ1n) is 8.85. The van der Waals surface area contributed by atoms with Gasteiger partial charge in [0.05, 0.1) is 12.5 Å². The second kappa shape index (κ2) is 5.21. The molecule has 4 N–H and O–H groups in total. The highest BCUT2D eigenvalue weighted by molar-refractivity contribution is 5.60. The van der Waals surface area contributed by atoms with E-state index < -0.39 is 17.8 Å². The molecule has 0 aromatic heterocycles. The Morgan fingerprint density at radius 1 is 1.00 bits per heavy atom. The van der Waals surface area contributed by atoms with E-state index >= 15 is 0 Å². The molecule has 0 unspecified atom stereocenters. The Hall–Kier alpha value is -2.64. The Kier molecular flexibility index (Phi) is 3.19. The van der Waals surface area contributed by atoms with Crippen LogP contribution in [0.25, 0.3) is 0 Å². The van der Waals surface area contributed by atoms with E-state index in [1.807, 2.05) is 0 Å². The maximum atomic E-state index is 10.6. The standard InChI is InChI=1S/C20H20O7/c1-20(2)19(24)15(22)10-5-9-11-7-25-18-8(3-4-12(21)16(18)23)17(11)26-13(9)6-14(10)27-20/h3-6,11,15,17,19,21-24H,7H2,1-2H3/t11-,15-,17+,19+/m0/s1. The first-order valence-corrected chi connectivity index (χ1v) is 8.85. The summed E-state index contributed by atoms with van der Waals surface area (Å²) < 4.78 is 17.7. The number of fused-ring (bicyclic) bond motifs is 6. The van der Waals surface area contributed by atoms with Gasteiger partial charge < -0.3 is 34.6 Å². The van der Waals surface area contributed by atoms with E-state index in [9.17, 15) is 20.4 Å². The minimum absolute atomic E-state index is 0.138. The Balaban J connectivity index is 1.59. The van der Waals surface area contributed by atoms with Crippen LogP contribution in [0.2, 0.25) is 0 Å². The van der Waals surface area contributed by atoms with Gasteiger partial charge in [0, 0.05) is 22.8 Å². The average molecular weight is 372 g/mol. The number of aliphatic hydroxyl groups is 2. The number of benzene rings is 2. The summed E-state index contributed by atoms with van der Waals surface area (Å²) in [6.45, 7) is 3.69. The number of ether oxygens (including phenoxy) is 3. The topological polar surface area (TPSA) is 109 Å². The van der Waals surface area contributed by atoms with Crippen LogP contribution >= 0.6 is 0 Å². The zero-order valence-corrected chi connectivity index (χ0v) is 14.8. The fraction of sp³-hybridized carbons (Fsp3) is 0.400. The number of phenols is 2. The van der Waals surface area contributed by atoms with Gasteiger partial charge in [-0.25, -0.2) is 0 Å². The molecule has 0 aliphatic carbocycles. The van der Waals surface area contributed by atoms with Crippen LogP contribution in [0.15, 0.2) is 24.3 Å². The highest BCUT2D eigenvalue weighted by Crippen LogP contribution is 2.56. The van der Waals surface area contributed by atoms with Crippen molar-refractivity contribution in [2.75, 3.05) is 6.61 Å². The zero-order chi connectivity index (χ0) is 19.1. The van der Waals surface area contributed by atoms with Gasteiger partial charge in [0.1, 0.15) is 35.4 Å². The molecule has 27 heavy (non-hydrogen) atoms. The predicted octanol–water partition coefficient (Wildman–Crippen LogP) is 2.27. The molecule has 0 spiro atoms. The van der Waals surface area contributed by atoms with Crippen LogP contribution in [0.4, 0.5) is 0 Å². The lowest BCUT2D eigenvalue weighted by Crippen LogP contribution is -2.48. The molecule has 2 aromatic rings. The summed E-state index contributed by atoms with van der Waals surface area (Å²) in [7, 11) is 0. The van der Waals surface area contributed by atoms with E-state index in [-0.39, 0.29) is 35.9 Å². The fourth-order valence-corrected chi connectivity index (χ4v) is 4.17. The normalized spacial score (nSPS) is 29.3. The largest absolute Gasteiger partial charge is 0.504 e. The Bertz CT molecular complexity index is 952. The molecule has 3 aliphatic heterocycles. The monoisotopic (exact) mass is 372 g/mol. The number of hydrogen-bond acceptors (Lipinski definition) is 7. The number of aliphatic hydroxyl groups excluding tert-OH is 2. The van der Waals surface area contributed by atoms with Gasteiger partial charge in [-0.2, -0.15) is 0 Å². The van der Waals surface area contributed by atoms with Gasteiger partial charge in [-0.15, -0.1) is 0 Å². The van der Waals surface area contributed by atoms with Gasteiger partial charge in [-0.05, 0) is 32.0 Å². The fourth-order valence-electron chi connectivity index (χ4n) is 4.17. The molecule has 7 heteroatoms. The summed E-state index contributed by atoms with van der Waals surface area (Å²) in [6, 6.07) is 6.61. The molecule has 2 aromatic carbocycles. The first-order chi connectivity index (χ1) is 12.8. The maximum absolute atomic E-state index is 10.6. The first kappa shape index (κ1) is 16.5. The Morgan fingerprint density at radius 3 is 2.56 bits per heavy atom. The van der Waals surface area contributed by atoms with E-state index in [1.54, 1.807) is 32.0 Å². The highest BCUT2D eigenvalue weighted by Gasteiger charge is 2.46. The summed E-state index contributed by atoms with van der Waals surface area (Å²) in [6.07, 6.45) is -2.50. The number of phenolic OH excluding ortho intramolecular Hbond substituents is 2. The quantitative estimate of drug-likeness (QED) is 0.525. The Morgan fingerprint density at radius 2 is 1.78 bits per heavy atom. The van der Waals surface area contributed by atoms with Crippen molar-refractivity contribution in [1.82, 2.24) is 0 Å². The SMILES string of the molecule is CC1(C)Oc2cc3c(cc2[C@H](O)[C@H]1O)[C@@H]1COc2c(ccc(O)c2O)[C@H]1O3. The predicted molar refractivity (Wildman–Crippen MR) is 93.5 cm³/mol. The third-order valence-corrected chi connectivity index (χ3v) is 5.72. The molecule has 0 fully saturated rings. The van der Waals surface area contributed by atoms with Gasteiger partial charge >= 0.3 is 0 Å². The van der Waals surface area contributed by atoms with Crippen LogP contribution < -0.4 is 14.2 Å². The summed E-state index contributed by atoms with van der Waals surface area (Å²) in [5.74, 6) is 0.638. The lowest BCUT2D eigenvalue weighted by Gasteiger charge is -2.40. The molecule has 0 saturated heterocycles. The number of hydrogen-bond donors (Lipinski definition) is 4. The van der Waals surface area contributed by atoms with Crippen molar-refractivity contribution in [2.24, 2.45) is 0 Å². The van der Waals surface area contributed by atoms with E-state index in [4.69, 9.17) is 14.2 Å². The second-order valence-electron chi connectivity index (χ2n) is 7.83. The molecule has 0 amide bonds. The third-order valence-electron chi connectivity index (χ3n) is 5.72. The van der Waals surface area contributed by atoms with Gasteiger partial charge in [0.15, 0.2) is 11.5 Å². The number of rotatable bonds is 0. The third kappa shape index (κ3) is 2.15. The lowest BCUT2D eigenvalue weighted by molar-refractivity contribution is -0.111. The minimum atomic E-state index is -1.06. The highest BCUT2D eigenvalue weighted by atomic mass is 16.5. The van der Waals surface area contributed by atoms with Crippen LogP contribution in [0.1, 0.15) is 48.7 Å². The second-order valence-corrected chi connectivity index (χ2v) is 7.83. The average Bonchev–Trinajstić information content (AvgIpc) is 2.99. The number of aromatic hydroxyl groups is 2. The summed E-state index contributed by atoms with van der Waals surface area (Å²) in [5.41, 5.74) is 1.10.